The molecule has 9 nitrogen and oxygen atoms in total. The molecule has 0 radical (unpaired) electrons. The number of aryl methyl sites for hydroxylation is 1. The topological polar surface area (TPSA) is 88.8 Å². The van der Waals surface area contributed by atoms with Gasteiger partial charge < -0.3 is 24.7 Å². The Morgan fingerprint density at radius 3 is 2.47 bits per heavy atom. The van der Waals surface area contributed by atoms with Gasteiger partial charge in [-0.05, 0) is 50.6 Å². The van der Waals surface area contributed by atoms with Crippen molar-refractivity contribution in [1.82, 2.24) is 30.3 Å². The number of nitrogens with one attached hydrogen (secondary N) is 2. The van der Waals surface area contributed by atoms with Gasteiger partial charge >= 0.3 is 0 Å². The lowest BCUT2D eigenvalue weighted by molar-refractivity contribution is 0.164. The molecule has 0 saturated carbocycles. The first-order valence-corrected chi connectivity index (χ1v) is 11.4. The fourth-order valence-corrected chi connectivity index (χ4v) is 3.89. The van der Waals surface area contributed by atoms with Gasteiger partial charge in [-0.25, -0.2) is 4.99 Å². The standard InChI is InChI=1S/C23H37N7O2/c1-18-27-28-22(29(18)2)17-26-23(24-12-15-31-3)25-16-21(30-13-6-5-7-14-30)19-8-10-20(32-4)11-9-19/h8-11,21H,5-7,12-17H2,1-4H3,(H2,24,25,26). The zero-order valence-corrected chi connectivity index (χ0v) is 19.8. The van der Waals surface area contributed by atoms with Gasteiger partial charge in [0.15, 0.2) is 11.8 Å². The highest BCUT2D eigenvalue weighted by Crippen LogP contribution is 2.25. The van der Waals surface area contributed by atoms with Crippen LogP contribution in [0.5, 0.6) is 5.75 Å². The number of rotatable bonds is 10. The first-order valence-electron chi connectivity index (χ1n) is 11.4. The molecule has 32 heavy (non-hydrogen) atoms. The van der Waals surface area contributed by atoms with Crippen molar-refractivity contribution < 1.29 is 9.47 Å². The zero-order chi connectivity index (χ0) is 22.8. The third-order valence-corrected chi connectivity index (χ3v) is 5.95. The van der Waals surface area contributed by atoms with E-state index in [2.05, 4.69) is 37.9 Å². The molecule has 1 aromatic heterocycles. The molecule has 3 rings (SSSR count). The Morgan fingerprint density at radius 1 is 1.09 bits per heavy atom. The monoisotopic (exact) mass is 443 g/mol. The molecule has 1 aliphatic rings. The molecule has 2 aromatic rings. The maximum atomic E-state index is 5.35. The summed E-state index contributed by atoms with van der Waals surface area (Å²) >= 11 is 0. The Bertz CT molecular complexity index is 845. The minimum atomic E-state index is 0.257. The highest BCUT2D eigenvalue weighted by Gasteiger charge is 2.22. The van der Waals surface area contributed by atoms with E-state index in [1.807, 2.05) is 30.7 Å². The molecule has 1 aromatic carbocycles. The largest absolute Gasteiger partial charge is 0.497 e. The number of aliphatic imine (C=N–C) groups is 1. The first kappa shape index (κ1) is 24.0. The number of guanidine groups is 1. The van der Waals surface area contributed by atoms with Crippen molar-refractivity contribution in [2.45, 2.75) is 38.8 Å². The lowest BCUT2D eigenvalue weighted by Crippen LogP contribution is -2.45. The van der Waals surface area contributed by atoms with Gasteiger partial charge in [0.05, 0.1) is 19.8 Å². The summed E-state index contributed by atoms with van der Waals surface area (Å²) in [5.41, 5.74) is 1.28. The smallest absolute Gasteiger partial charge is 0.191 e. The van der Waals surface area contributed by atoms with Crippen molar-refractivity contribution >= 4 is 5.96 Å². The van der Waals surface area contributed by atoms with Crippen molar-refractivity contribution in [2.75, 3.05) is 47.0 Å². The Labute approximate surface area is 191 Å². The third kappa shape index (κ3) is 6.67. The minimum Gasteiger partial charge on any atom is -0.497 e. The van der Waals surface area contributed by atoms with Gasteiger partial charge in [0, 0.05) is 27.2 Å². The van der Waals surface area contributed by atoms with Crippen LogP contribution in [0.2, 0.25) is 0 Å². The Kier molecular flexibility index (Phi) is 9.30. The molecule has 0 amide bonds. The lowest BCUT2D eigenvalue weighted by Gasteiger charge is -2.35. The Morgan fingerprint density at radius 2 is 1.84 bits per heavy atom. The molecule has 0 bridgehead atoms. The number of likely N-dealkylation sites (tertiary alicyclic amines) is 1. The van der Waals surface area contributed by atoms with Crippen molar-refractivity contribution in [3.05, 3.63) is 41.5 Å². The molecule has 0 aliphatic carbocycles. The predicted molar refractivity (Wildman–Crippen MR) is 126 cm³/mol. The molecular formula is C23H37N7O2. The van der Waals surface area contributed by atoms with E-state index in [4.69, 9.17) is 14.5 Å². The molecule has 1 unspecified atom stereocenters. The summed E-state index contributed by atoms with van der Waals surface area (Å²) in [6.45, 7) is 6.66. The molecule has 1 fully saturated rings. The quantitative estimate of drug-likeness (QED) is 0.330. The number of methoxy groups -OCH3 is 2. The van der Waals surface area contributed by atoms with Gasteiger partial charge in [0.2, 0.25) is 0 Å². The van der Waals surface area contributed by atoms with E-state index in [0.29, 0.717) is 19.7 Å². The van der Waals surface area contributed by atoms with Crippen molar-refractivity contribution in [3.63, 3.8) is 0 Å². The van der Waals surface area contributed by atoms with Gasteiger partial charge in [-0.3, -0.25) is 4.90 Å². The van der Waals surface area contributed by atoms with Crippen molar-refractivity contribution in [2.24, 2.45) is 12.0 Å². The van der Waals surface area contributed by atoms with E-state index >= 15 is 0 Å². The normalized spacial score (nSPS) is 16.1. The van der Waals surface area contributed by atoms with Gasteiger partial charge in [-0.1, -0.05) is 18.6 Å². The number of hydrogen-bond acceptors (Lipinski definition) is 6. The average molecular weight is 444 g/mol. The molecule has 1 aliphatic heterocycles. The Balaban J connectivity index is 1.73. The first-order chi connectivity index (χ1) is 15.6. The van der Waals surface area contributed by atoms with Gasteiger partial charge in [-0.15, -0.1) is 10.2 Å². The number of aromatic nitrogens is 3. The highest BCUT2D eigenvalue weighted by atomic mass is 16.5. The summed E-state index contributed by atoms with van der Waals surface area (Å²) in [5.74, 6) is 3.33. The van der Waals surface area contributed by atoms with E-state index in [9.17, 15) is 0 Å². The number of benzene rings is 1. The van der Waals surface area contributed by atoms with Crippen LogP contribution < -0.4 is 15.4 Å². The fraction of sp³-hybridized carbons (Fsp3) is 0.609. The number of nitrogens with zero attached hydrogens (tertiary/aromatic N) is 5. The van der Waals surface area contributed by atoms with E-state index in [1.165, 1.54) is 24.8 Å². The van der Waals surface area contributed by atoms with Crippen LogP contribution in [0.15, 0.2) is 29.3 Å². The van der Waals surface area contributed by atoms with E-state index in [-0.39, 0.29) is 6.04 Å². The maximum Gasteiger partial charge on any atom is 0.191 e. The molecule has 1 saturated heterocycles. The highest BCUT2D eigenvalue weighted by molar-refractivity contribution is 5.79. The van der Waals surface area contributed by atoms with Gasteiger partial charge in [-0.2, -0.15) is 0 Å². The lowest BCUT2D eigenvalue weighted by atomic mass is 10.0. The van der Waals surface area contributed by atoms with Crippen LogP contribution in [0.4, 0.5) is 0 Å². The molecule has 1 atom stereocenters. The number of piperidine rings is 1. The van der Waals surface area contributed by atoms with Crippen LogP contribution >= 0.6 is 0 Å². The maximum absolute atomic E-state index is 5.35. The third-order valence-electron chi connectivity index (χ3n) is 5.95. The van der Waals surface area contributed by atoms with Crippen LogP contribution in [0.1, 0.15) is 42.5 Å². The van der Waals surface area contributed by atoms with Gasteiger partial charge in [0.1, 0.15) is 18.1 Å². The summed E-state index contributed by atoms with van der Waals surface area (Å²) in [7, 11) is 5.36. The SMILES string of the molecule is COCCNC(=NCc1nnc(C)n1C)NCC(c1ccc(OC)cc1)N1CCCCC1. The predicted octanol–water partition coefficient (Wildman–Crippen LogP) is 2.04. The summed E-state index contributed by atoms with van der Waals surface area (Å²) < 4.78 is 12.5. The Hall–Kier alpha value is -2.65. The second kappa shape index (κ2) is 12.4. The van der Waals surface area contributed by atoms with Gasteiger partial charge in [0.25, 0.3) is 0 Å². The summed E-state index contributed by atoms with van der Waals surface area (Å²) in [6, 6.07) is 8.66. The minimum absolute atomic E-state index is 0.257. The fourth-order valence-electron chi connectivity index (χ4n) is 3.89. The molecule has 176 valence electrons. The van der Waals surface area contributed by atoms with Crippen LogP contribution in [0.3, 0.4) is 0 Å². The summed E-state index contributed by atoms with van der Waals surface area (Å²) in [6.07, 6.45) is 3.79. The molecule has 0 spiro atoms. The molecular weight excluding hydrogens is 406 g/mol. The number of ether oxygens (including phenoxy) is 2. The molecule has 9 heteroatoms. The number of hydrogen-bond donors (Lipinski definition) is 2. The van der Waals surface area contributed by atoms with Crippen molar-refractivity contribution in [3.8, 4) is 5.75 Å². The zero-order valence-electron chi connectivity index (χ0n) is 19.8. The van der Waals surface area contributed by atoms with Crippen LogP contribution in [0, 0.1) is 6.92 Å². The van der Waals surface area contributed by atoms with Crippen LogP contribution in [-0.4, -0.2) is 72.6 Å². The summed E-state index contributed by atoms with van der Waals surface area (Å²) in [4.78, 5) is 7.32. The second-order valence-electron chi connectivity index (χ2n) is 8.07. The van der Waals surface area contributed by atoms with Crippen LogP contribution in [-0.2, 0) is 18.3 Å². The average Bonchev–Trinajstić information content (AvgIpc) is 3.15. The van der Waals surface area contributed by atoms with Crippen LogP contribution in [0.25, 0.3) is 0 Å². The van der Waals surface area contributed by atoms with E-state index < -0.39 is 0 Å². The second-order valence-corrected chi connectivity index (χ2v) is 8.07. The molecule has 2 heterocycles. The summed E-state index contributed by atoms with van der Waals surface area (Å²) in [5, 5.41) is 15.3. The van der Waals surface area contributed by atoms with E-state index in [1.54, 1.807) is 14.2 Å². The van der Waals surface area contributed by atoms with E-state index in [0.717, 1.165) is 43.0 Å². The molecule has 2 N–H and O–H groups in total. The van der Waals surface area contributed by atoms with Crippen molar-refractivity contribution in [1.29, 1.82) is 0 Å².